The fourth-order valence-electron chi connectivity index (χ4n) is 4.53. The molecule has 0 aromatic heterocycles. The highest BCUT2D eigenvalue weighted by molar-refractivity contribution is 6.07. The predicted molar refractivity (Wildman–Crippen MR) is 98.1 cm³/mol. The van der Waals surface area contributed by atoms with Gasteiger partial charge >= 0.3 is 12.2 Å². The molecule has 1 aliphatic heterocycles. The largest absolute Gasteiger partial charge is 0.401 e. The summed E-state index contributed by atoms with van der Waals surface area (Å²) in [4.78, 5) is 27.8. The summed E-state index contributed by atoms with van der Waals surface area (Å²) in [5, 5.41) is 2.83. The van der Waals surface area contributed by atoms with E-state index in [9.17, 15) is 22.8 Å². The van der Waals surface area contributed by atoms with Crippen LogP contribution in [0, 0.1) is 11.8 Å². The van der Waals surface area contributed by atoms with Gasteiger partial charge in [0, 0.05) is 6.54 Å². The Hall–Kier alpha value is -2.09. The fraction of sp³-hybridized carbons (Fsp3) is 0.600. The molecule has 0 radical (unpaired) electrons. The van der Waals surface area contributed by atoms with Crippen molar-refractivity contribution in [1.82, 2.24) is 15.1 Å². The molecule has 1 saturated carbocycles. The standard InChI is InChI=1S/C20H26F3N3O2/c1-14-7-6-8-15(2)20(14)17(27)26(18(28)24-20)13-25(12-19(21,22)23)11-16-9-4-3-5-10-16/h3-5,9-10,14-15H,6-8,11-13H2,1-2H3,(H,24,28)/t14-,15+,20?. The number of carbonyl (C=O) groups is 2. The van der Waals surface area contributed by atoms with E-state index in [1.54, 1.807) is 30.3 Å². The number of carbonyl (C=O) groups excluding carboxylic acids is 2. The molecule has 2 aliphatic rings. The Morgan fingerprint density at radius 3 is 2.32 bits per heavy atom. The zero-order valence-electron chi connectivity index (χ0n) is 16.1. The molecule has 154 valence electrons. The van der Waals surface area contributed by atoms with Gasteiger partial charge in [-0.25, -0.2) is 9.69 Å². The Balaban J connectivity index is 1.81. The minimum atomic E-state index is -4.43. The van der Waals surface area contributed by atoms with Crippen LogP contribution in [0.5, 0.6) is 0 Å². The zero-order valence-corrected chi connectivity index (χ0v) is 16.1. The number of urea groups is 1. The van der Waals surface area contributed by atoms with Crippen molar-refractivity contribution in [3.05, 3.63) is 35.9 Å². The van der Waals surface area contributed by atoms with Crippen molar-refractivity contribution in [1.29, 1.82) is 0 Å². The molecule has 1 aromatic rings. The molecule has 2 fully saturated rings. The van der Waals surface area contributed by atoms with Gasteiger partial charge in [0.2, 0.25) is 0 Å². The zero-order chi connectivity index (χ0) is 20.5. The van der Waals surface area contributed by atoms with Gasteiger partial charge in [0.15, 0.2) is 0 Å². The summed E-state index contributed by atoms with van der Waals surface area (Å²) in [6, 6.07) is 8.12. The SMILES string of the molecule is C[C@@H]1CCC[C@H](C)C12NC(=O)N(CN(Cc1ccccc1)CC(F)(F)F)C2=O. The molecular weight excluding hydrogens is 371 g/mol. The highest BCUT2D eigenvalue weighted by Gasteiger charge is 2.58. The molecular formula is C20H26F3N3O2. The summed E-state index contributed by atoms with van der Waals surface area (Å²) in [6.45, 7) is 2.26. The summed E-state index contributed by atoms with van der Waals surface area (Å²) in [5.74, 6) is -0.511. The molecule has 1 N–H and O–H groups in total. The number of imide groups is 1. The Bertz CT molecular complexity index is 713. The molecule has 28 heavy (non-hydrogen) atoms. The summed E-state index contributed by atoms with van der Waals surface area (Å²) in [7, 11) is 0. The highest BCUT2D eigenvalue weighted by atomic mass is 19.4. The topological polar surface area (TPSA) is 52.7 Å². The maximum absolute atomic E-state index is 13.2. The smallest absolute Gasteiger partial charge is 0.323 e. The third-order valence-electron chi connectivity index (χ3n) is 5.98. The average Bonchev–Trinajstić information content (AvgIpc) is 2.85. The van der Waals surface area contributed by atoms with E-state index in [2.05, 4.69) is 5.32 Å². The maximum Gasteiger partial charge on any atom is 0.401 e. The van der Waals surface area contributed by atoms with E-state index in [0.717, 1.165) is 29.1 Å². The molecule has 1 heterocycles. The summed E-state index contributed by atoms with van der Waals surface area (Å²) in [6.07, 6.45) is -1.85. The van der Waals surface area contributed by atoms with E-state index in [0.29, 0.717) is 5.56 Å². The second-order valence-electron chi connectivity index (χ2n) is 7.99. The van der Waals surface area contributed by atoms with Gasteiger partial charge in [-0.3, -0.25) is 9.69 Å². The number of rotatable bonds is 5. The normalized spacial score (nSPS) is 28.3. The van der Waals surface area contributed by atoms with E-state index in [1.165, 1.54) is 0 Å². The van der Waals surface area contributed by atoms with Gasteiger partial charge in [0.25, 0.3) is 5.91 Å². The Morgan fingerprint density at radius 1 is 1.14 bits per heavy atom. The first kappa shape index (κ1) is 20.6. The Labute approximate surface area is 162 Å². The van der Waals surface area contributed by atoms with Gasteiger partial charge in [0.05, 0.1) is 13.2 Å². The van der Waals surface area contributed by atoms with Gasteiger partial charge < -0.3 is 5.32 Å². The molecule has 8 heteroatoms. The van der Waals surface area contributed by atoms with Crippen molar-refractivity contribution in [2.24, 2.45) is 11.8 Å². The fourth-order valence-corrected chi connectivity index (χ4v) is 4.53. The van der Waals surface area contributed by atoms with Crippen LogP contribution in [0.4, 0.5) is 18.0 Å². The van der Waals surface area contributed by atoms with E-state index in [1.807, 2.05) is 13.8 Å². The summed E-state index contributed by atoms with van der Waals surface area (Å²) >= 11 is 0. The second-order valence-corrected chi connectivity index (χ2v) is 7.99. The number of alkyl halides is 3. The molecule has 1 saturated heterocycles. The molecule has 3 atom stereocenters. The molecule has 1 spiro atoms. The van der Waals surface area contributed by atoms with Gasteiger partial charge in [-0.15, -0.1) is 0 Å². The van der Waals surface area contributed by atoms with Crippen LogP contribution in [0.2, 0.25) is 0 Å². The van der Waals surface area contributed by atoms with Crippen LogP contribution >= 0.6 is 0 Å². The first-order valence-corrected chi connectivity index (χ1v) is 9.60. The maximum atomic E-state index is 13.2. The first-order valence-electron chi connectivity index (χ1n) is 9.60. The van der Waals surface area contributed by atoms with Gasteiger partial charge in [-0.1, -0.05) is 50.6 Å². The number of amides is 3. The van der Waals surface area contributed by atoms with Crippen molar-refractivity contribution in [2.45, 2.75) is 51.4 Å². The molecule has 1 aromatic carbocycles. The number of nitrogens with one attached hydrogen (secondary N) is 1. The molecule has 1 unspecified atom stereocenters. The van der Waals surface area contributed by atoms with Gasteiger partial charge in [-0.05, 0) is 30.2 Å². The second kappa shape index (κ2) is 7.73. The summed E-state index contributed by atoms with van der Waals surface area (Å²) < 4.78 is 39.3. The molecule has 5 nitrogen and oxygen atoms in total. The lowest BCUT2D eigenvalue weighted by Gasteiger charge is -2.42. The lowest BCUT2D eigenvalue weighted by atomic mass is 9.67. The minimum Gasteiger partial charge on any atom is -0.323 e. The van der Waals surface area contributed by atoms with Crippen LogP contribution < -0.4 is 5.32 Å². The Morgan fingerprint density at radius 2 is 1.75 bits per heavy atom. The van der Waals surface area contributed by atoms with E-state index < -0.39 is 30.2 Å². The van der Waals surface area contributed by atoms with Crippen LogP contribution in [0.25, 0.3) is 0 Å². The number of hydrogen-bond donors (Lipinski definition) is 1. The van der Waals surface area contributed by atoms with Crippen molar-refractivity contribution in [3.8, 4) is 0 Å². The van der Waals surface area contributed by atoms with Crippen LogP contribution in [0.15, 0.2) is 30.3 Å². The van der Waals surface area contributed by atoms with Crippen molar-refractivity contribution in [2.75, 3.05) is 13.2 Å². The molecule has 0 bridgehead atoms. The third-order valence-corrected chi connectivity index (χ3v) is 5.98. The van der Waals surface area contributed by atoms with Crippen LogP contribution in [-0.4, -0.2) is 46.7 Å². The van der Waals surface area contributed by atoms with Gasteiger partial charge in [-0.2, -0.15) is 13.2 Å². The first-order chi connectivity index (χ1) is 13.1. The lowest BCUT2D eigenvalue weighted by Crippen LogP contribution is -2.59. The van der Waals surface area contributed by atoms with E-state index in [4.69, 9.17) is 0 Å². The number of halogens is 3. The van der Waals surface area contributed by atoms with E-state index in [-0.39, 0.29) is 25.0 Å². The molecule has 1 aliphatic carbocycles. The summed E-state index contributed by atoms with van der Waals surface area (Å²) in [5.41, 5.74) is -0.320. The predicted octanol–water partition coefficient (Wildman–Crippen LogP) is 3.76. The average molecular weight is 397 g/mol. The number of hydrogen-bond acceptors (Lipinski definition) is 3. The lowest BCUT2D eigenvalue weighted by molar-refractivity contribution is -0.155. The van der Waals surface area contributed by atoms with Crippen LogP contribution in [0.3, 0.4) is 0 Å². The van der Waals surface area contributed by atoms with Crippen molar-refractivity contribution < 1.29 is 22.8 Å². The molecule has 3 amide bonds. The monoisotopic (exact) mass is 397 g/mol. The highest BCUT2D eigenvalue weighted by Crippen LogP contribution is 2.42. The minimum absolute atomic E-state index is 0.00445. The quantitative estimate of drug-likeness (QED) is 0.770. The Kier molecular flexibility index (Phi) is 5.70. The van der Waals surface area contributed by atoms with Gasteiger partial charge in [0.1, 0.15) is 5.54 Å². The molecule has 3 rings (SSSR count). The van der Waals surface area contributed by atoms with Crippen molar-refractivity contribution >= 4 is 11.9 Å². The number of nitrogens with zero attached hydrogens (tertiary/aromatic N) is 2. The third kappa shape index (κ3) is 4.01. The van der Waals surface area contributed by atoms with Crippen molar-refractivity contribution in [3.63, 3.8) is 0 Å². The number of benzene rings is 1. The van der Waals surface area contributed by atoms with Crippen LogP contribution in [0.1, 0.15) is 38.7 Å². The van der Waals surface area contributed by atoms with E-state index >= 15 is 0 Å². The van der Waals surface area contributed by atoms with Crippen LogP contribution in [-0.2, 0) is 11.3 Å².